The lowest BCUT2D eigenvalue weighted by atomic mass is 9.87. The zero-order chi connectivity index (χ0) is 18.0. The Kier molecular flexibility index (Phi) is 4.45. The molecule has 0 fully saturated rings. The smallest absolute Gasteiger partial charge is 0.363 e. The third-order valence-electron chi connectivity index (χ3n) is 4.02. The number of carbonyl (C=O) groups is 1. The van der Waals surface area contributed by atoms with E-state index in [0.717, 1.165) is 16.9 Å². The summed E-state index contributed by atoms with van der Waals surface area (Å²) in [5.41, 5.74) is 3.19. The predicted molar refractivity (Wildman–Crippen MR) is 98.7 cm³/mol. The maximum atomic E-state index is 12.1. The Hall–Kier alpha value is -2.88. The molecule has 1 aliphatic rings. The number of cyclic esters (lactones) is 1. The summed E-state index contributed by atoms with van der Waals surface area (Å²) in [7, 11) is 1.60. The quantitative estimate of drug-likeness (QED) is 0.619. The lowest BCUT2D eigenvalue weighted by Gasteiger charge is -2.18. The minimum Gasteiger partial charge on any atom is -0.497 e. The molecule has 2 aromatic carbocycles. The van der Waals surface area contributed by atoms with Crippen LogP contribution in [0.5, 0.6) is 5.75 Å². The van der Waals surface area contributed by atoms with Crippen molar-refractivity contribution in [1.29, 1.82) is 0 Å². The first kappa shape index (κ1) is 17.0. The largest absolute Gasteiger partial charge is 0.497 e. The zero-order valence-corrected chi connectivity index (χ0v) is 14.9. The second kappa shape index (κ2) is 6.55. The molecule has 0 radical (unpaired) electrons. The van der Waals surface area contributed by atoms with Crippen molar-refractivity contribution in [2.75, 3.05) is 7.11 Å². The molecule has 0 aromatic heterocycles. The van der Waals surface area contributed by atoms with Crippen LogP contribution in [0, 0.1) is 0 Å². The highest BCUT2D eigenvalue weighted by molar-refractivity contribution is 6.12. The van der Waals surface area contributed by atoms with E-state index in [2.05, 4.69) is 25.8 Å². The lowest BCUT2D eigenvalue weighted by Crippen LogP contribution is -2.11. The molecule has 0 saturated heterocycles. The third-order valence-corrected chi connectivity index (χ3v) is 4.02. The molecule has 0 aliphatic carbocycles. The van der Waals surface area contributed by atoms with Gasteiger partial charge in [-0.15, -0.1) is 0 Å². The summed E-state index contributed by atoms with van der Waals surface area (Å²) >= 11 is 0. The average molecular weight is 335 g/mol. The Balaban J connectivity index is 1.88. The molecule has 0 N–H and O–H groups in total. The van der Waals surface area contributed by atoms with Gasteiger partial charge in [0.1, 0.15) is 5.75 Å². The van der Waals surface area contributed by atoms with Crippen molar-refractivity contribution >= 4 is 17.9 Å². The molecule has 0 atom stereocenters. The first-order chi connectivity index (χ1) is 11.9. The van der Waals surface area contributed by atoms with E-state index in [4.69, 9.17) is 9.47 Å². The van der Waals surface area contributed by atoms with Crippen LogP contribution in [0.3, 0.4) is 0 Å². The number of esters is 1. The van der Waals surface area contributed by atoms with E-state index in [1.54, 1.807) is 13.2 Å². The highest BCUT2D eigenvalue weighted by Gasteiger charge is 2.24. The van der Waals surface area contributed by atoms with Crippen LogP contribution in [0.25, 0.3) is 6.08 Å². The minimum absolute atomic E-state index is 0.0735. The summed E-state index contributed by atoms with van der Waals surface area (Å²) in [4.78, 5) is 16.5. The summed E-state index contributed by atoms with van der Waals surface area (Å²) < 4.78 is 10.5. The summed E-state index contributed by atoms with van der Waals surface area (Å²) in [5.74, 6) is 0.611. The molecule has 0 bridgehead atoms. The number of ether oxygens (including phenoxy) is 2. The Morgan fingerprint density at radius 2 is 1.80 bits per heavy atom. The highest BCUT2D eigenvalue weighted by atomic mass is 16.6. The first-order valence-corrected chi connectivity index (χ1v) is 8.14. The molecule has 1 heterocycles. The predicted octanol–water partition coefficient (Wildman–Crippen LogP) is 4.34. The molecule has 0 saturated carbocycles. The zero-order valence-electron chi connectivity index (χ0n) is 14.9. The van der Waals surface area contributed by atoms with E-state index < -0.39 is 5.97 Å². The van der Waals surface area contributed by atoms with Crippen LogP contribution in [0.15, 0.2) is 59.2 Å². The number of nitrogens with zero attached hydrogens (tertiary/aromatic N) is 1. The topological polar surface area (TPSA) is 47.9 Å². The van der Waals surface area contributed by atoms with Crippen molar-refractivity contribution in [2.24, 2.45) is 4.99 Å². The Morgan fingerprint density at radius 1 is 1.08 bits per heavy atom. The van der Waals surface area contributed by atoms with E-state index >= 15 is 0 Å². The summed E-state index contributed by atoms with van der Waals surface area (Å²) in [6.07, 6.45) is 1.70. The number of aliphatic imine (C=N–C) groups is 1. The van der Waals surface area contributed by atoms with Gasteiger partial charge in [0.15, 0.2) is 5.70 Å². The molecular weight excluding hydrogens is 314 g/mol. The van der Waals surface area contributed by atoms with Crippen molar-refractivity contribution in [3.05, 3.63) is 70.9 Å². The van der Waals surface area contributed by atoms with Crippen molar-refractivity contribution in [1.82, 2.24) is 0 Å². The molecule has 4 nitrogen and oxygen atoms in total. The Bertz CT molecular complexity index is 855. The second-order valence-electron chi connectivity index (χ2n) is 6.94. The molecular formula is C21H21NO3. The summed E-state index contributed by atoms with van der Waals surface area (Å²) in [5, 5.41) is 0. The van der Waals surface area contributed by atoms with Crippen LogP contribution in [-0.4, -0.2) is 19.0 Å². The van der Waals surface area contributed by atoms with E-state index in [1.165, 1.54) is 5.56 Å². The number of benzene rings is 2. The van der Waals surface area contributed by atoms with Crippen LogP contribution >= 0.6 is 0 Å². The monoisotopic (exact) mass is 335 g/mol. The first-order valence-electron chi connectivity index (χ1n) is 8.14. The van der Waals surface area contributed by atoms with Gasteiger partial charge in [0.25, 0.3) is 0 Å². The van der Waals surface area contributed by atoms with Crippen molar-refractivity contribution in [3.63, 3.8) is 0 Å². The maximum Gasteiger partial charge on any atom is 0.363 e. The number of carbonyl (C=O) groups excluding carboxylic acids is 1. The average Bonchev–Trinajstić information content (AvgIpc) is 2.95. The van der Waals surface area contributed by atoms with Crippen LogP contribution in [0.1, 0.15) is 37.5 Å². The minimum atomic E-state index is -0.447. The van der Waals surface area contributed by atoms with Gasteiger partial charge in [0.2, 0.25) is 5.90 Å². The van der Waals surface area contributed by atoms with Gasteiger partial charge in [-0.1, -0.05) is 45.0 Å². The number of hydrogen-bond donors (Lipinski definition) is 0. The maximum absolute atomic E-state index is 12.1. The van der Waals surface area contributed by atoms with E-state index in [9.17, 15) is 4.79 Å². The van der Waals surface area contributed by atoms with Gasteiger partial charge in [-0.3, -0.25) is 0 Å². The molecule has 25 heavy (non-hydrogen) atoms. The highest BCUT2D eigenvalue weighted by Crippen LogP contribution is 2.25. The lowest BCUT2D eigenvalue weighted by molar-refractivity contribution is -0.129. The van der Waals surface area contributed by atoms with Gasteiger partial charge >= 0.3 is 5.97 Å². The Morgan fingerprint density at radius 3 is 2.44 bits per heavy atom. The SMILES string of the molecule is COc1cccc(C=C2N=C(c3ccc(C(C)(C)C)cc3)OC2=O)c1. The van der Waals surface area contributed by atoms with Crippen molar-refractivity contribution < 1.29 is 14.3 Å². The molecule has 2 aromatic rings. The van der Waals surface area contributed by atoms with E-state index in [0.29, 0.717) is 5.90 Å². The van der Waals surface area contributed by atoms with Crippen molar-refractivity contribution in [3.8, 4) is 5.75 Å². The standard InChI is InChI=1S/C21H21NO3/c1-21(2,3)16-10-8-15(9-11-16)19-22-18(20(23)25-19)13-14-6-5-7-17(12-14)24-4/h5-13H,1-4H3. The molecule has 0 amide bonds. The van der Waals surface area contributed by atoms with E-state index in [-0.39, 0.29) is 11.1 Å². The van der Waals surface area contributed by atoms with Crippen LogP contribution in [-0.2, 0) is 14.9 Å². The molecule has 1 aliphatic heterocycles. The van der Waals surface area contributed by atoms with Crippen LogP contribution in [0.4, 0.5) is 0 Å². The number of hydrogen-bond acceptors (Lipinski definition) is 4. The van der Waals surface area contributed by atoms with E-state index in [1.807, 2.05) is 48.5 Å². The van der Waals surface area contributed by atoms with Crippen molar-refractivity contribution in [2.45, 2.75) is 26.2 Å². The fraction of sp³-hybridized carbons (Fsp3) is 0.238. The normalized spacial score (nSPS) is 15.9. The van der Waals surface area contributed by atoms with Gasteiger partial charge in [0, 0.05) is 5.56 Å². The third kappa shape index (κ3) is 3.79. The summed E-state index contributed by atoms with van der Waals surface area (Å²) in [6, 6.07) is 15.4. The molecule has 4 heteroatoms. The molecule has 3 rings (SSSR count). The van der Waals surface area contributed by atoms with Gasteiger partial charge in [-0.05, 0) is 46.9 Å². The fourth-order valence-electron chi connectivity index (χ4n) is 2.53. The van der Waals surface area contributed by atoms with Gasteiger partial charge < -0.3 is 9.47 Å². The number of methoxy groups -OCH3 is 1. The van der Waals surface area contributed by atoms with Crippen LogP contribution in [0.2, 0.25) is 0 Å². The van der Waals surface area contributed by atoms with Gasteiger partial charge in [0.05, 0.1) is 7.11 Å². The fourth-order valence-corrected chi connectivity index (χ4v) is 2.53. The molecule has 128 valence electrons. The summed E-state index contributed by atoms with van der Waals surface area (Å²) in [6.45, 7) is 6.47. The second-order valence-corrected chi connectivity index (χ2v) is 6.94. The Labute approximate surface area is 147 Å². The van der Waals surface area contributed by atoms with Gasteiger partial charge in [-0.25, -0.2) is 9.79 Å². The van der Waals surface area contributed by atoms with Gasteiger partial charge in [-0.2, -0.15) is 0 Å². The molecule has 0 unspecified atom stereocenters. The van der Waals surface area contributed by atoms with Crippen LogP contribution < -0.4 is 4.74 Å². The molecule has 0 spiro atoms. The number of rotatable bonds is 3.